The third kappa shape index (κ3) is 3.68. The number of hydrogen-bond acceptors (Lipinski definition) is 7. The van der Waals surface area contributed by atoms with E-state index in [1.165, 1.54) is 0 Å². The van der Waals surface area contributed by atoms with Crippen molar-refractivity contribution in [2.75, 3.05) is 24.9 Å². The molecule has 0 radical (unpaired) electrons. The molecule has 1 aromatic carbocycles. The van der Waals surface area contributed by atoms with E-state index in [2.05, 4.69) is 5.32 Å². The topological polar surface area (TPSA) is 128 Å². The third-order valence-electron chi connectivity index (χ3n) is 2.37. The number of anilines is 1. The van der Waals surface area contributed by atoms with Gasteiger partial charge in [0.05, 0.1) is 28.9 Å². The van der Waals surface area contributed by atoms with E-state index >= 15 is 0 Å². The summed E-state index contributed by atoms with van der Waals surface area (Å²) < 4.78 is 4.72. The van der Waals surface area contributed by atoms with Gasteiger partial charge in [0.1, 0.15) is 0 Å². The van der Waals surface area contributed by atoms with Crippen LogP contribution in [-0.4, -0.2) is 40.6 Å². The zero-order chi connectivity index (χ0) is 15.3. The van der Waals surface area contributed by atoms with E-state index in [1.807, 2.05) is 0 Å². The molecule has 20 heavy (non-hydrogen) atoms. The van der Waals surface area contributed by atoms with E-state index in [0.29, 0.717) is 0 Å². The van der Waals surface area contributed by atoms with Crippen LogP contribution in [-0.2, 0) is 0 Å². The molecule has 1 unspecified atom stereocenters. The van der Waals surface area contributed by atoms with Crippen molar-refractivity contribution in [1.82, 2.24) is 0 Å². The van der Waals surface area contributed by atoms with Crippen molar-refractivity contribution < 1.29 is 19.7 Å². The Labute approximate surface area is 118 Å². The number of rotatable bonds is 7. The van der Waals surface area contributed by atoms with Crippen molar-refractivity contribution in [1.29, 1.82) is 0 Å². The van der Waals surface area contributed by atoms with Crippen molar-refractivity contribution in [3.8, 4) is 5.75 Å². The molecule has 0 spiro atoms. The fraction of sp³-hybridized carbons (Fsp3) is 0.400. The molecule has 1 atom stereocenters. The maximum Gasteiger partial charge on any atom is 0.320 e. The number of benzene rings is 1. The molecular formula is C10H12ClN3O6. The van der Waals surface area contributed by atoms with E-state index in [9.17, 15) is 25.3 Å². The van der Waals surface area contributed by atoms with E-state index < -0.39 is 33.1 Å². The smallest absolute Gasteiger partial charge is 0.320 e. The van der Waals surface area contributed by atoms with Crippen LogP contribution in [0.15, 0.2) is 12.1 Å². The number of methoxy groups -OCH3 is 1. The highest BCUT2D eigenvalue weighted by Crippen LogP contribution is 2.39. The number of aliphatic hydroxyl groups excluding tert-OH is 1. The van der Waals surface area contributed by atoms with Gasteiger partial charge in [-0.3, -0.25) is 20.2 Å². The molecule has 0 heterocycles. The highest BCUT2D eigenvalue weighted by molar-refractivity contribution is 6.18. The second-order valence-electron chi connectivity index (χ2n) is 3.75. The largest absolute Gasteiger partial charge is 0.485 e. The number of hydrogen-bond donors (Lipinski definition) is 2. The van der Waals surface area contributed by atoms with Crippen LogP contribution in [0.5, 0.6) is 5.75 Å². The molecule has 1 rings (SSSR count). The van der Waals surface area contributed by atoms with Gasteiger partial charge in [-0.25, -0.2) is 0 Å². The average Bonchev–Trinajstić information content (AvgIpc) is 2.43. The Kier molecular flexibility index (Phi) is 5.47. The number of ether oxygens (including phenoxy) is 1. The van der Waals surface area contributed by atoms with Crippen molar-refractivity contribution >= 4 is 28.7 Å². The molecule has 0 saturated carbocycles. The zero-order valence-corrected chi connectivity index (χ0v) is 11.2. The van der Waals surface area contributed by atoms with Crippen LogP contribution in [0.25, 0.3) is 0 Å². The molecule has 2 N–H and O–H groups in total. The lowest BCUT2D eigenvalue weighted by Gasteiger charge is -2.11. The summed E-state index contributed by atoms with van der Waals surface area (Å²) in [6.45, 7) is 0.00410. The number of aliphatic hydroxyl groups is 1. The van der Waals surface area contributed by atoms with Gasteiger partial charge in [-0.15, -0.1) is 11.6 Å². The molecule has 10 heteroatoms. The highest BCUT2D eigenvalue weighted by Gasteiger charge is 2.27. The second kappa shape index (κ2) is 6.87. The number of halogens is 1. The Balaban J connectivity index is 3.20. The van der Waals surface area contributed by atoms with E-state index in [4.69, 9.17) is 16.3 Å². The SMILES string of the molecule is COc1c([N+](=O)[O-])cc(NCC(O)CCl)cc1[N+](=O)[O-]. The molecule has 0 aliphatic heterocycles. The van der Waals surface area contributed by atoms with Gasteiger partial charge in [-0.05, 0) is 0 Å². The average molecular weight is 306 g/mol. The maximum atomic E-state index is 10.9. The first-order valence-corrected chi connectivity index (χ1v) is 5.92. The fourth-order valence-corrected chi connectivity index (χ4v) is 1.58. The molecule has 0 amide bonds. The summed E-state index contributed by atoms with van der Waals surface area (Å²) in [6.07, 6.45) is -0.878. The minimum atomic E-state index is -0.878. The maximum absolute atomic E-state index is 10.9. The number of nitrogens with one attached hydrogen (secondary N) is 1. The molecule has 110 valence electrons. The van der Waals surface area contributed by atoms with Gasteiger partial charge in [-0.2, -0.15) is 0 Å². The quantitative estimate of drug-likeness (QED) is 0.444. The molecular weight excluding hydrogens is 294 g/mol. The molecule has 0 aliphatic carbocycles. The third-order valence-corrected chi connectivity index (χ3v) is 2.72. The summed E-state index contributed by atoms with van der Waals surface area (Å²) in [4.78, 5) is 20.2. The van der Waals surface area contributed by atoms with Gasteiger partial charge in [0, 0.05) is 24.4 Å². The fourth-order valence-electron chi connectivity index (χ4n) is 1.47. The minimum Gasteiger partial charge on any atom is -0.485 e. The lowest BCUT2D eigenvalue weighted by atomic mass is 10.2. The molecule has 0 bridgehead atoms. The first-order valence-electron chi connectivity index (χ1n) is 5.39. The van der Waals surface area contributed by atoms with Gasteiger partial charge in [0.2, 0.25) is 0 Å². The van der Waals surface area contributed by atoms with Crippen LogP contribution in [0.4, 0.5) is 17.1 Å². The van der Waals surface area contributed by atoms with E-state index in [-0.39, 0.29) is 18.1 Å². The Morgan fingerprint density at radius 3 is 2.20 bits per heavy atom. The van der Waals surface area contributed by atoms with E-state index in [0.717, 1.165) is 19.2 Å². The molecule has 9 nitrogen and oxygen atoms in total. The van der Waals surface area contributed by atoms with Crippen molar-refractivity contribution in [3.63, 3.8) is 0 Å². The van der Waals surface area contributed by atoms with Crippen molar-refractivity contribution in [2.45, 2.75) is 6.10 Å². The molecule has 0 aliphatic rings. The number of alkyl halides is 1. The molecule has 0 aromatic heterocycles. The Bertz CT molecular complexity index is 489. The van der Waals surface area contributed by atoms with Crippen LogP contribution in [0, 0.1) is 20.2 Å². The first-order chi connectivity index (χ1) is 9.40. The number of nitro benzene ring substituents is 2. The summed E-state index contributed by atoms with van der Waals surface area (Å²) in [5, 5.41) is 33.7. The zero-order valence-electron chi connectivity index (χ0n) is 10.4. The van der Waals surface area contributed by atoms with Crippen LogP contribution in [0.2, 0.25) is 0 Å². The predicted octanol–water partition coefficient (Wildman–Crippen LogP) is 1.52. The lowest BCUT2D eigenvalue weighted by molar-refractivity contribution is -0.395. The van der Waals surface area contributed by atoms with Crippen LogP contribution in [0.3, 0.4) is 0 Å². The van der Waals surface area contributed by atoms with Crippen molar-refractivity contribution in [3.05, 3.63) is 32.4 Å². The van der Waals surface area contributed by atoms with Crippen LogP contribution >= 0.6 is 11.6 Å². The summed E-state index contributed by atoms with van der Waals surface area (Å²) >= 11 is 5.40. The van der Waals surface area contributed by atoms with Gasteiger partial charge in [0.25, 0.3) is 5.75 Å². The normalized spacial score (nSPS) is 11.8. The Morgan fingerprint density at radius 2 is 1.85 bits per heavy atom. The van der Waals surface area contributed by atoms with Gasteiger partial charge in [0.15, 0.2) is 0 Å². The Hall–Kier alpha value is -2.13. The monoisotopic (exact) mass is 305 g/mol. The predicted molar refractivity (Wildman–Crippen MR) is 71.5 cm³/mol. The molecule has 0 saturated heterocycles. The highest BCUT2D eigenvalue weighted by atomic mass is 35.5. The van der Waals surface area contributed by atoms with Gasteiger partial charge in [-0.1, -0.05) is 0 Å². The lowest BCUT2D eigenvalue weighted by Crippen LogP contribution is -2.20. The summed E-state index contributed by atoms with van der Waals surface area (Å²) in [5.41, 5.74) is -0.956. The summed E-state index contributed by atoms with van der Waals surface area (Å²) in [7, 11) is 1.11. The molecule has 0 fully saturated rings. The Morgan fingerprint density at radius 1 is 1.35 bits per heavy atom. The second-order valence-corrected chi connectivity index (χ2v) is 4.06. The number of nitro groups is 2. The van der Waals surface area contributed by atoms with Crippen molar-refractivity contribution in [2.24, 2.45) is 0 Å². The summed E-state index contributed by atoms with van der Waals surface area (Å²) in [5.74, 6) is -0.462. The van der Waals surface area contributed by atoms with E-state index in [1.54, 1.807) is 0 Å². The summed E-state index contributed by atoms with van der Waals surface area (Å²) in [6, 6.07) is 2.18. The van der Waals surface area contributed by atoms with Gasteiger partial charge >= 0.3 is 11.4 Å². The van der Waals surface area contributed by atoms with Crippen LogP contribution < -0.4 is 10.1 Å². The van der Waals surface area contributed by atoms with Gasteiger partial charge < -0.3 is 15.2 Å². The van der Waals surface area contributed by atoms with Crippen LogP contribution in [0.1, 0.15) is 0 Å². The number of nitrogens with zero attached hydrogens (tertiary/aromatic N) is 2. The molecule has 1 aromatic rings. The first kappa shape index (κ1) is 15.9. The minimum absolute atomic E-state index is 0.00410. The standard InChI is InChI=1S/C10H12ClN3O6/c1-20-10-8(13(16)17)2-6(3-9(10)14(18)19)12-5-7(15)4-11/h2-3,7,12,15H,4-5H2,1H3.